The number of ether oxygens (including phenoxy) is 1. The first-order valence-corrected chi connectivity index (χ1v) is 17.8. The molecule has 4 rings (SSSR count). The van der Waals surface area contributed by atoms with E-state index in [4.69, 9.17) is 19.7 Å². The van der Waals surface area contributed by atoms with Crippen LogP contribution in [0.1, 0.15) is 105 Å². The summed E-state index contributed by atoms with van der Waals surface area (Å²) in [5.41, 5.74) is 9.51. The van der Waals surface area contributed by atoms with Gasteiger partial charge in [-0.25, -0.2) is 4.98 Å². The molecule has 3 saturated heterocycles. The Kier molecular flexibility index (Phi) is 11.0. The van der Waals surface area contributed by atoms with Crippen LogP contribution in [0.15, 0.2) is 4.99 Å². The third-order valence-electron chi connectivity index (χ3n) is 14.1. The SMILES string of the molecule is [CH2]CC(=NC1CC(C)(C)N(C)C(C)(C)C1c1n[c]nc(N2CCOCC2)n1)C1(C)N(C)C(C)(C)C(C[CH2])(C[CH2])C([N])(C[CH2])C1(C[CH2])C[CH2]. The van der Waals surface area contributed by atoms with Crippen molar-refractivity contribution in [3.8, 4) is 0 Å². The molecule has 0 saturated carbocycles. The lowest BCUT2D eigenvalue weighted by Crippen LogP contribution is -2.86. The van der Waals surface area contributed by atoms with Crippen molar-refractivity contribution in [2.24, 2.45) is 15.8 Å². The summed E-state index contributed by atoms with van der Waals surface area (Å²) in [6.07, 6.45) is 6.29. The first kappa shape index (κ1) is 39.1. The maximum absolute atomic E-state index is 13.2. The third-order valence-corrected chi connectivity index (χ3v) is 14.1. The van der Waals surface area contributed by atoms with Gasteiger partial charge in [-0.15, -0.1) is 5.73 Å². The molecule has 0 aromatic carbocycles. The van der Waals surface area contributed by atoms with Gasteiger partial charge in [0.2, 0.25) is 12.3 Å². The van der Waals surface area contributed by atoms with E-state index in [1.807, 2.05) is 0 Å². The molecule has 3 aliphatic rings. The van der Waals surface area contributed by atoms with Crippen molar-refractivity contribution >= 4 is 11.7 Å². The molecule has 1 aromatic rings. The van der Waals surface area contributed by atoms with Crippen molar-refractivity contribution in [3.63, 3.8) is 0 Å². The first-order valence-electron chi connectivity index (χ1n) is 17.8. The zero-order chi connectivity index (χ0) is 36.1. The second kappa shape index (κ2) is 13.5. The summed E-state index contributed by atoms with van der Waals surface area (Å²) in [5.74, 6) is 1.13. The largest absolute Gasteiger partial charge is 0.378 e. The van der Waals surface area contributed by atoms with E-state index in [1.54, 1.807) is 0 Å². The topological polar surface area (TPSA) is 92.3 Å². The molecule has 9 nitrogen and oxygen atoms in total. The Morgan fingerprint density at radius 2 is 1.42 bits per heavy atom. The van der Waals surface area contributed by atoms with Crippen LogP contribution >= 0.6 is 0 Å². The van der Waals surface area contributed by atoms with E-state index < -0.39 is 27.4 Å². The minimum atomic E-state index is -1.28. The molecule has 9 heteroatoms. The fourth-order valence-corrected chi connectivity index (χ4v) is 10.5. The lowest BCUT2D eigenvalue weighted by molar-refractivity contribution is -0.219. The van der Waals surface area contributed by atoms with Gasteiger partial charge in [0.25, 0.3) is 0 Å². The normalized spacial score (nSPS) is 33.5. The number of aromatic nitrogens is 3. The number of morpholine rings is 1. The van der Waals surface area contributed by atoms with Crippen molar-refractivity contribution in [2.75, 3.05) is 45.3 Å². The smallest absolute Gasteiger partial charge is 0.229 e. The Labute approximate surface area is 294 Å². The molecular weight excluding hydrogens is 596 g/mol. The van der Waals surface area contributed by atoms with Gasteiger partial charge >= 0.3 is 0 Å². The fraction of sp³-hybridized carbons (Fsp3) is 0.744. The monoisotopic (exact) mass is 660 g/mol. The summed E-state index contributed by atoms with van der Waals surface area (Å²) < 4.78 is 5.59. The zero-order valence-corrected chi connectivity index (χ0v) is 31.7. The summed E-state index contributed by atoms with van der Waals surface area (Å²) in [6.45, 7) is 45.2. The number of aliphatic imine (C=N–C) groups is 1. The number of likely N-dealkylation sites (tertiary alicyclic amines) is 2. The Hall–Kier alpha value is -1.68. The molecule has 4 atom stereocenters. The summed E-state index contributed by atoms with van der Waals surface area (Å²) in [5, 5.41) is 0. The molecule has 1 aromatic heterocycles. The molecule has 4 unspecified atom stereocenters. The highest BCUT2D eigenvalue weighted by Gasteiger charge is 2.76. The van der Waals surface area contributed by atoms with Crippen LogP contribution in [0.3, 0.4) is 0 Å². The molecule has 0 bridgehead atoms. The number of likely N-dealkylation sites (N-methyl/N-ethyl adjacent to an activating group) is 1. The van der Waals surface area contributed by atoms with Crippen molar-refractivity contribution < 1.29 is 4.74 Å². The highest BCUT2D eigenvalue weighted by molar-refractivity contribution is 5.95. The maximum atomic E-state index is 13.2. The number of rotatable bonds is 10. The van der Waals surface area contributed by atoms with Crippen molar-refractivity contribution in [1.29, 1.82) is 0 Å². The van der Waals surface area contributed by atoms with Crippen LogP contribution in [-0.4, -0.2) is 105 Å². The standard InChI is InChI=1S/C39H63N8O/c1-16-29(36(13)38(19-4,20-5)39(40,21-6)37(17-2,18-3)35(11,12)46(36)15)43-28-26-33(7,8)45(14)34(9,10)30(28)31-41-27-42-32(44-31)47-22-24-48-25-23-47/h28,30H,1-6,16-26H2,7-15H3. The Morgan fingerprint density at radius 3 is 1.92 bits per heavy atom. The Morgan fingerprint density at radius 1 is 0.854 bits per heavy atom. The van der Waals surface area contributed by atoms with Gasteiger partial charge in [0.1, 0.15) is 5.82 Å². The van der Waals surface area contributed by atoms with E-state index in [2.05, 4.69) is 130 Å². The van der Waals surface area contributed by atoms with E-state index in [9.17, 15) is 5.73 Å². The average Bonchev–Trinajstić information content (AvgIpc) is 3.06. The van der Waals surface area contributed by atoms with E-state index in [-0.39, 0.29) is 29.5 Å². The molecule has 9 radical (unpaired) electrons. The minimum absolute atomic E-state index is 0.177. The van der Waals surface area contributed by atoms with Crippen molar-refractivity contribution in [3.05, 3.63) is 53.7 Å². The van der Waals surface area contributed by atoms with E-state index in [0.717, 1.165) is 25.2 Å². The Balaban J connectivity index is 2.00. The molecule has 0 spiro atoms. The van der Waals surface area contributed by atoms with Crippen LogP contribution in [0, 0.1) is 58.7 Å². The number of nitrogens with zero attached hydrogens (tertiary/aromatic N) is 8. The molecular formula is C39H63N8O. The highest BCUT2D eigenvalue weighted by atomic mass is 16.5. The lowest BCUT2D eigenvalue weighted by Gasteiger charge is -2.76. The van der Waals surface area contributed by atoms with Crippen LogP contribution in [0.4, 0.5) is 5.95 Å². The molecule has 265 valence electrons. The fourth-order valence-electron chi connectivity index (χ4n) is 10.5. The van der Waals surface area contributed by atoms with Gasteiger partial charge in [-0.1, -0.05) is 34.6 Å². The summed E-state index contributed by atoms with van der Waals surface area (Å²) in [6, 6.07) is -0.197. The number of hydrogen-bond donors (Lipinski definition) is 0. The third kappa shape index (κ3) is 5.21. The van der Waals surface area contributed by atoms with Gasteiger partial charge < -0.3 is 9.64 Å². The van der Waals surface area contributed by atoms with Gasteiger partial charge in [0.05, 0.1) is 36.3 Å². The zero-order valence-electron chi connectivity index (χ0n) is 31.7. The van der Waals surface area contributed by atoms with Crippen LogP contribution in [0.2, 0.25) is 0 Å². The second-order valence-corrected chi connectivity index (χ2v) is 16.3. The molecule has 3 aliphatic heterocycles. The number of hydrogen-bond acceptors (Lipinski definition) is 8. The van der Waals surface area contributed by atoms with Crippen LogP contribution < -0.4 is 10.6 Å². The summed E-state index contributed by atoms with van der Waals surface area (Å²) >= 11 is 0. The quantitative estimate of drug-likeness (QED) is 0.289. The summed E-state index contributed by atoms with van der Waals surface area (Å²) in [4.78, 5) is 27.1. The molecule has 3 fully saturated rings. The molecule has 48 heavy (non-hydrogen) atoms. The predicted octanol–water partition coefficient (Wildman–Crippen LogP) is 5.90. The molecule has 0 aliphatic carbocycles. The van der Waals surface area contributed by atoms with Gasteiger partial charge in [-0.2, -0.15) is 9.97 Å². The molecule has 0 N–H and O–H groups in total. The minimum Gasteiger partial charge on any atom is -0.378 e. The molecule has 4 heterocycles. The van der Waals surface area contributed by atoms with Gasteiger partial charge in [0.15, 0.2) is 0 Å². The van der Waals surface area contributed by atoms with Crippen molar-refractivity contribution in [1.82, 2.24) is 30.5 Å². The first-order chi connectivity index (χ1) is 22.3. The lowest BCUT2D eigenvalue weighted by atomic mass is 9.38. The average molecular weight is 660 g/mol. The van der Waals surface area contributed by atoms with E-state index in [1.165, 1.54) is 0 Å². The Bertz CT molecular complexity index is 1290. The summed E-state index contributed by atoms with van der Waals surface area (Å²) in [7, 11) is 4.34. The second-order valence-electron chi connectivity index (χ2n) is 16.3. The predicted molar refractivity (Wildman–Crippen MR) is 196 cm³/mol. The maximum Gasteiger partial charge on any atom is 0.229 e. The van der Waals surface area contributed by atoms with Crippen LogP contribution in [0.5, 0.6) is 0 Å². The van der Waals surface area contributed by atoms with Gasteiger partial charge in [0, 0.05) is 46.2 Å². The highest BCUT2D eigenvalue weighted by Crippen LogP contribution is 2.68. The van der Waals surface area contributed by atoms with Gasteiger partial charge in [-0.3, -0.25) is 14.8 Å². The number of anilines is 1. The van der Waals surface area contributed by atoms with Crippen molar-refractivity contribution in [2.45, 2.75) is 133 Å². The number of piperidine rings is 2. The van der Waals surface area contributed by atoms with Crippen LogP contribution in [0.25, 0.3) is 0 Å². The van der Waals surface area contributed by atoms with Gasteiger partial charge in [-0.05, 0) is 114 Å². The van der Waals surface area contributed by atoms with Crippen LogP contribution in [-0.2, 0) is 4.74 Å². The van der Waals surface area contributed by atoms with E-state index in [0.29, 0.717) is 57.1 Å². The van der Waals surface area contributed by atoms with E-state index >= 15 is 0 Å². The molecule has 0 amide bonds.